The molecule has 55 heavy (non-hydrogen) atoms. The summed E-state index contributed by atoms with van der Waals surface area (Å²) in [6.07, 6.45) is -4.51. The number of benzene rings is 2. The number of alkyl carbamates (subject to hydrolysis) is 1. The van der Waals surface area contributed by atoms with Crippen molar-refractivity contribution in [3.8, 4) is 0 Å². The number of carboxylic acids is 1. The van der Waals surface area contributed by atoms with Crippen LogP contribution in [0.1, 0.15) is 79.4 Å². The van der Waals surface area contributed by atoms with Crippen LogP contribution in [0, 0.1) is 11.8 Å². The van der Waals surface area contributed by atoms with Crippen LogP contribution >= 0.6 is 0 Å². The van der Waals surface area contributed by atoms with Gasteiger partial charge in [-0.25, -0.2) is 4.79 Å². The maximum Gasteiger partial charge on any atom is 0.408 e. The molecule has 0 unspecified atom stereocenters. The van der Waals surface area contributed by atoms with Crippen molar-refractivity contribution in [1.29, 1.82) is 0 Å². The van der Waals surface area contributed by atoms with E-state index in [2.05, 4.69) is 26.6 Å². The van der Waals surface area contributed by atoms with E-state index < -0.39 is 102 Å². The number of carbonyl (C=O) groups is 6. The third-order valence-corrected chi connectivity index (χ3v) is 8.60. The number of rotatable bonds is 20. The minimum atomic E-state index is -1.44. The van der Waals surface area contributed by atoms with Gasteiger partial charge >= 0.3 is 12.1 Å². The molecule has 7 atom stereocenters. The fourth-order valence-corrected chi connectivity index (χ4v) is 5.65. The Bertz CT molecular complexity index is 1560. The van der Waals surface area contributed by atoms with Crippen molar-refractivity contribution in [3.63, 3.8) is 0 Å². The first kappa shape index (κ1) is 46.1. The van der Waals surface area contributed by atoms with E-state index in [4.69, 9.17) is 4.74 Å². The van der Waals surface area contributed by atoms with Gasteiger partial charge in [-0.05, 0) is 63.5 Å². The molecule has 0 aliphatic heterocycles. The number of hydrogen-bond donors (Lipinski definition) is 8. The minimum Gasteiger partial charge on any atom is -0.481 e. The van der Waals surface area contributed by atoms with E-state index >= 15 is 0 Å². The first-order chi connectivity index (χ1) is 25.7. The lowest BCUT2D eigenvalue weighted by atomic mass is 9.96. The van der Waals surface area contributed by atoms with Crippen LogP contribution in [0.5, 0.6) is 0 Å². The molecule has 0 saturated heterocycles. The van der Waals surface area contributed by atoms with Crippen molar-refractivity contribution in [2.24, 2.45) is 11.8 Å². The van der Waals surface area contributed by atoms with Gasteiger partial charge in [0.2, 0.25) is 23.6 Å². The monoisotopic (exact) mass is 769 g/mol. The van der Waals surface area contributed by atoms with Crippen molar-refractivity contribution >= 4 is 35.7 Å². The topological polar surface area (TPSA) is 232 Å². The second kappa shape index (κ2) is 21.8. The van der Waals surface area contributed by atoms with E-state index in [1.807, 2.05) is 0 Å². The summed E-state index contributed by atoms with van der Waals surface area (Å²) in [6.45, 7) is 13.4. The highest BCUT2D eigenvalue weighted by Crippen LogP contribution is 2.14. The molecule has 0 heterocycles. The summed E-state index contributed by atoms with van der Waals surface area (Å²) in [6, 6.07) is 12.6. The lowest BCUT2D eigenvalue weighted by Gasteiger charge is -2.30. The zero-order valence-corrected chi connectivity index (χ0v) is 33.0. The Kier molecular flexibility index (Phi) is 18.3. The van der Waals surface area contributed by atoms with Gasteiger partial charge in [0.05, 0.1) is 37.1 Å². The quantitative estimate of drug-likeness (QED) is 0.0979. The van der Waals surface area contributed by atoms with Gasteiger partial charge in [0.25, 0.3) is 0 Å². The van der Waals surface area contributed by atoms with E-state index in [0.717, 1.165) is 11.1 Å². The number of carbonyl (C=O) groups excluding carboxylic acids is 5. The Morgan fingerprint density at radius 3 is 1.45 bits per heavy atom. The summed E-state index contributed by atoms with van der Waals surface area (Å²) in [5.74, 6) is -4.65. The van der Waals surface area contributed by atoms with Crippen molar-refractivity contribution in [1.82, 2.24) is 26.6 Å². The summed E-state index contributed by atoms with van der Waals surface area (Å²) in [7, 11) is 0. The standard InChI is InChI=1S/C40H59N5O10/c1-23(2)34(44-38(53)35(24(3)4)45-39(54)55-40(6,7)8)37(52)43-28(19-26-15-11-9-12-16-26)30(46)21-32(48)41-25(5)36(51)42-29(31(47)22-33(49)50)20-27-17-13-10-14-18-27/h9-18,23-25,28-31,34-35,46-47H,19-22H2,1-8H3,(H,41,48)(H,42,51)(H,43,52)(H,44,53)(H,45,54)(H,49,50)/t25-,28-,29-,30-,31-,34-,35-/m0/s1. The number of nitrogens with one attached hydrogen (secondary N) is 5. The van der Waals surface area contributed by atoms with Crippen LogP contribution in [0.4, 0.5) is 4.79 Å². The van der Waals surface area contributed by atoms with Crippen LogP contribution < -0.4 is 26.6 Å². The van der Waals surface area contributed by atoms with Gasteiger partial charge in [-0.2, -0.15) is 0 Å². The molecule has 0 aliphatic carbocycles. The predicted octanol–water partition coefficient (Wildman–Crippen LogP) is 2.22. The lowest BCUT2D eigenvalue weighted by molar-refractivity contribution is -0.140. The van der Waals surface area contributed by atoms with E-state index in [9.17, 15) is 44.1 Å². The second-order valence-corrected chi connectivity index (χ2v) is 15.4. The maximum atomic E-state index is 13.8. The number of amides is 5. The third-order valence-electron chi connectivity index (χ3n) is 8.60. The average molecular weight is 770 g/mol. The van der Waals surface area contributed by atoms with Gasteiger partial charge in [-0.1, -0.05) is 88.4 Å². The summed E-state index contributed by atoms with van der Waals surface area (Å²) in [5.41, 5.74) is 0.702. The predicted molar refractivity (Wildman–Crippen MR) is 205 cm³/mol. The number of aliphatic carboxylic acids is 1. The van der Waals surface area contributed by atoms with E-state index in [-0.39, 0.29) is 18.8 Å². The second-order valence-electron chi connectivity index (χ2n) is 15.4. The highest BCUT2D eigenvalue weighted by atomic mass is 16.6. The van der Waals surface area contributed by atoms with E-state index in [0.29, 0.717) is 0 Å². The molecule has 8 N–H and O–H groups in total. The van der Waals surface area contributed by atoms with Crippen LogP contribution in [-0.4, -0.2) is 99.0 Å². The summed E-state index contributed by atoms with van der Waals surface area (Å²) in [4.78, 5) is 77.3. The molecule has 15 heteroatoms. The molecular weight excluding hydrogens is 710 g/mol. The Balaban J connectivity index is 2.18. The van der Waals surface area contributed by atoms with Crippen molar-refractivity contribution in [2.45, 2.75) is 129 Å². The van der Waals surface area contributed by atoms with Crippen molar-refractivity contribution in [2.75, 3.05) is 0 Å². The van der Waals surface area contributed by atoms with Gasteiger partial charge in [0.15, 0.2) is 0 Å². The first-order valence-corrected chi connectivity index (χ1v) is 18.5. The smallest absolute Gasteiger partial charge is 0.408 e. The molecule has 0 bridgehead atoms. The number of ether oxygens (including phenoxy) is 1. The van der Waals surface area contributed by atoms with Gasteiger partial charge in [0, 0.05) is 0 Å². The zero-order valence-electron chi connectivity index (χ0n) is 33.0. The zero-order chi connectivity index (χ0) is 41.5. The van der Waals surface area contributed by atoms with Gasteiger partial charge < -0.3 is 46.6 Å². The molecule has 0 spiro atoms. The average Bonchev–Trinajstić information content (AvgIpc) is 3.08. The number of hydrogen-bond acceptors (Lipinski definition) is 9. The Morgan fingerprint density at radius 1 is 0.600 bits per heavy atom. The summed E-state index contributed by atoms with van der Waals surface area (Å²) in [5, 5.41) is 44.4. The first-order valence-electron chi connectivity index (χ1n) is 18.5. The number of aliphatic hydroxyl groups excluding tert-OH is 2. The number of aliphatic hydroxyl groups is 2. The molecule has 0 fully saturated rings. The summed E-state index contributed by atoms with van der Waals surface area (Å²) >= 11 is 0. The lowest BCUT2D eigenvalue weighted by Crippen LogP contribution is -2.59. The molecule has 0 radical (unpaired) electrons. The molecule has 2 aromatic carbocycles. The molecule has 5 amide bonds. The molecule has 2 aromatic rings. The summed E-state index contributed by atoms with van der Waals surface area (Å²) < 4.78 is 5.31. The molecule has 304 valence electrons. The molecule has 0 aliphatic rings. The van der Waals surface area contributed by atoms with E-state index in [1.54, 1.807) is 109 Å². The van der Waals surface area contributed by atoms with Crippen LogP contribution in [-0.2, 0) is 41.6 Å². The largest absolute Gasteiger partial charge is 0.481 e. The fraction of sp³-hybridized carbons (Fsp3) is 0.550. The van der Waals surface area contributed by atoms with E-state index in [1.165, 1.54) is 6.92 Å². The normalized spacial score (nSPS) is 15.3. The van der Waals surface area contributed by atoms with Gasteiger partial charge in [0.1, 0.15) is 23.7 Å². The van der Waals surface area contributed by atoms with Crippen LogP contribution in [0.25, 0.3) is 0 Å². The maximum absolute atomic E-state index is 13.8. The molecule has 0 aromatic heterocycles. The van der Waals surface area contributed by atoms with Crippen LogP contribution in [0.2, 0.25) is 0 Å². The SMILES string of the molecule is CC(C)[C@H](NC(=O)OC(C)(C)C)C(=O)N[C@H](C(=O)N[C@@H](Cc1ccccc1)[C@@H](O)CC(=O)N[C@@H](C)C(=O)N[C@@H](Cc1ccccc1)[C@@H](O)CC(=O)O)C(C)C. The Labute approximate surface area is 323 Å². The molecule has 2 rings (SSSR count). The Hall–Kier alpha value is -5.02. The highest BCUT2D eigenvalue weighted by molar-refractivity contribution is 5.92. The molecular formula is C40H59N5O10. The van der Waals surface area contributed by atoms with Crippen LogP contribution in [0.3, 0.4) is 0 Å². The molecule has 0 saturated carbocycles. The van der Waals surface area contributed by atoms with Crippen molar-refractivity contribution < 1.29 is 48.8 Å². The fourth-order valence-electron chi connectivity index (χ4n) is 5.65. The molecule has 15 nitrogen and oxygen atoms in total. The van der Waals surface area contributed by atoms with Crippen molar-refractivity contribution in [3.05, 3.63) is 71.8 Å². The highest BCUT2D eigenvalue weighted by Gasteiger charge is 2.34. The van der Waals surface area contributed by atoms with Gasteiger partial charge in [-0.15, -0.1) is 0 Å². The van der Waals surface area contributed by atoms with Crippen LogP contribution in [0.15, 0.2) is 60.7 Å². The minimum absolute atomic E-state index is 0.118. The Morgan fingerprint density at radius 2 is 1.02 bits per heavy atom. The van der Waals surface area contributed by atoms with Gasteiger partial charge in [-0.3, -0.25) is 24.0 Å². The third kappa shape index (κ3) is 16.9. The number of carboxylic acid groups (broad SMARTS) is 1.